The van der Waals surface area contributed by atoms with Gasteiger partial charge < -0.3 is 52.2 Å². The Balaban J connectivity index is 1.37. The van der Waals surface area contributed by atoms with Crippen LogP contribution in [0.2, 0.25) is 0 Å². The van der Waals surface area contributed by atoms with E-state index < -0.39 is 84.3 Å². The number of carboxylic acid groups (broad SMARTS) is 1. The van der Waals surface area contributed by atoms with Crippen LogP contribution in [0.4, 0.5) is 0 Å². The molecule has 0 bridgehead atoms. The predicted octanol–water partition coefficient (Wildman–Crippen LogP) is 0.305. The number of aliphatic carboxylic acids is 1. The number of likely N-dealkylation sites (tertiary alicyclic amines) is 1. The van der Waals surface area contributed by atoms with Gasteiger partial charge in [-0.1, -0.05) is 58.0 Å². The van der Waals surface area contributed by atoms with Gasteiger partial charge in [-0.3, -0.25) is 24.0 Å². The number of carbonyl (C=O) groups excluding carboxylic acids is 5. The number of amides is 5. The van der Waals surface area contributed by atoms with Gasteiger partial charge in [0.15, 0.2) is 0 Å². The number of rotatable bonds is 17. The molecule has 1 aliphatic rings. The van der Waals surface area contributed by atoms with Gasteiger partial charge in [0.2, 0.25) is 29.5 Å². The number of phenolic OH excluding ortho intramolecular Hbond substituents is 1. The summed E-state index contributed by atoms with van der Waals surface area (Å²) in [5.41, 5.74) is 8.59. The molecule has 2 aromatic carbocycles. The lowest BCUT2D eigenvalue weighted by Crippen LogP contribution is -2.61. The maximum Gasteiger partial charge on any atom is 0.326 e. The lowest BCUT2D eigenvalue weighted by Gasteiger charge is -2.32. The molecule has 0 aliphatic carbocycles. The van der Waals surface area contributed by atoms with Crippen LogP contribution in [0.1, 0.15) is 51.7 Å². The van der Waals surface area contributed by atoms with Crippen molar-refractivity contribution in [2.24, 2.45) is 17.6 Å². The third-order valence-corrected chi connectivity index (χ3v) is 9.57. The topological polar surface area (TPSA) is 256 Å². The van der Waals surface area contributed by atoms with Gasteiger partial charge in [0, 0.05) is 30.1 Å². The second-order valence-corrected chi connectivity index (χ2v) is 14.3. The SMILES string of the molecule is CC(C)[C@H](NC(=O)[C@H](CO)NC(=O)[C@@H]1CCCN1C(=O)[C@@H](NC(=O)[C@@H](N)Cc1c[nH]c2ccccc12)C(C)C)C(=O)N[C@@H](Cc1ccc(O)cc1)C(=O)O. The zero-order valence-electron chi connectivity index (χ0n) is 30.9. The Hall–Kier alpha value is -5.48. The Morgan fingerprint density at radius 3 is 2.11 bits per heavy atom. The summed E-state index contributed by atoms with van der Waals surface area (Å²) in [6.07, 6.45) is 2.68. The van der Waals surface area contributed by atoms with E-state index in [9.17, 15) is 44.1 Å². The average Bonchev–Trinajstić information content (AvgIpc) is 3.79. The number of hydrogen-bond donors (Lipinski definition) is 9. The monoisotopic (exact) mass is 749 g/mol. The Labute approximate surface area is 313 Å². The molecule has 10 N–H and O–H groups in total. The van der Waals surface area contributed by atoms with Gasteiger partial charge in [0.25, 0.3) is 0 Å². The fourth-order valence-corrected chi connectivity index (χ4v) is 6.47. The van der Waals surface area contributed by atoms with Gasteiger partial charge in [-0.25, -0.2) is 4.79 Å². The molecule has 1 aromatic heterocycles. The summed E-state index contributed by atoms with van der Waals surface area (Å²) >= 11 is 0. The van der Waals surface area contributed by atoms with Crippen LogP contribution in [0.5, 0.6) is 5.75 Å². The van der Waals surface area contributed by atoms with E-state index in [4.69, 9.17) is 5.73 Å². The van der Waals surface area contributed by atoms with E-state index in [0.29, 0.717) is 12.0 Å². The van der Waals surface area contributed by atoms with Gasteiger partial charge in [-0.15, -0.1) is 0 Å². The van der Waals surface area contributed by atoms with E-state index >= 15 is 0 Å². The number of aromatic hydroxyl groups is 1. The van der Waals surface area contributed by atoms with E-state index in [1.54, 1.807) is 33.9 Å². The quantitative estimate of drug-likeness (QED) is 0.0913. The number of aromatic nitrogens is 1. The number of aliphatic hydroxyl groups excluding tert-OH is 1. The highest BCUT2D eigenvalue weighted by atomic mass is 16.4. The Kier molecular flexibility index (Phi) is 14.2. The summed E-state index contributed by atoms with van der Waals surface area (Å²) in [6.45, 7) is 6.18. The normalized spacial score (nSPS) is 17.0. The maximum absolute atomic E-state index is 13.9. The molecule has 4 rings (SSSR count). The van der Waals surface area contributed by atoms with Crippen LogP contribution >= 0.6 is 0 Å². The number of hydrogen-bond acceptors (Lipinski definition) is 9. The van der Waals surface area contributed by atoms with Crippen LogP contribution in [0.3, 0.4) is 0 Å². The van der Waals surface area contributed by atoms with E-state index in [0.717, 1.165) is 16.5 Å². The fraction of sp³-hybridized carbons (Fsp3) is 0.474. The van der Waals surface area contributed by atoms with E-state index in [1.165, 1.54) is 29.2 Å². The number of para-hydroxylation sites is 1. The molecule has 0 unspecified atom stereocenters. The van der Waals surface area contributed by atoms with Crippen LogP contribution in [-0.2, 0) is 41.6 Å². The molecule has 5 amide bonds. The van der Waals surface area contributed by atoms with E-state index in [-0.39, 0.29) is 37.5 Å². The number of aromatic amines is 1. The molecule has 16 nitrogen and oxygen atoms in total. The third-order valence-electron chi connectivity index (χ3n) is 9.57. The molecule has 54 heavy (non-hydrogen) atoms. The molecular formula is C38H51N7O9. The largest absolute Gasteiger partial charge is 0.508 e. The van der Waals surface area contributed by atoms with Gasteiger partial charge in [-0.05, 0) is 60.4 Å². The number of benzene rings is 2. The molecule has 6 atom stereocenters. The number of nitrogens with zero attached hydrogens (tertiary/aromatic N) is 1. The van der Waals surface area contributed by atoms with Crippen molar-refractivity contribution in [3.8, 4) is 5.75 Å². The zero-order valence-corrected chi connectivity index (χ0v) is 30.9. The van der Waals surface area contributed by atoms with Gasteiger partial charge in [-0.2, -0.15) is 0 Å². The highest BCUT2D eigenvalue weighted by molar-refractivity contribution is 5.97. The number of carbonyl (C=O) groups is 6. The first-order chi connectivity index (χ1) is 25.6. The summed E-state index contributed by atoms with van der Waals surface area (Å²) < 4.78 is 0. The fourth-order valence-electron chi connectivity index (χ4n) is 6.47. The number of nitrogens with one attached hydrogen (secondary N) is 5. The smallest absolute Gasteiger partial charge is 0.326 e. The third kappa shape index (κ3) is 10.3. The van der Waals surface area contributed by atoms with Gasteiger partial charge in [0.1, 0.15) is 36.0 Å². The molecule has 0 spiro atoms. The number of aliphatic hydroxyl groups is 1. The van der Waals surface area contributed by atoms with Crippen LogP contribution in [0, 0.1) is 11.8 Å². The minimum atomic E-state index is -1.50. The van der Waals surface area contributed by atoms with Crippen molar-refractivity contribution in [3.63, 3.8) is 0 Å². The number of carboxylic acids is 1. The van der Waals surface area contributed by atoms with Crippen molar-refractivity contribution in [2.75, 3.05) is 13.2 Å². The zero-order chi connectivity index (χ0) is 39.7. The number of H-pyrrole nitrogens is 1. The van der Waals surface area contributed by atoms with E-state index in [2.05, 4.69) is 26.3 Å². The lowest BCUT2D eigenvalue weighted by atomic mass is 10.00. The predicted molar refractivity (Wildman–Crippen MR) is 199 cm³/mol. The highest BCUT2D eigenvalue weighted by Gasteiger charge is 2.40. The van der Waals surface area contributed by atoms with Crippen molar-refractivity contribution >= 4 is 46.4 Å². The lowest BCUT2D eigenvalue weighted by molar-refractivity contribution is -0.143. The molecule has 0 saturated carbocycles. The van der Waals surface area contributed by atoms with Gasteiger partial charge >= 0.3 is 5.97 Å². The molecule has 1 saturated heterocycles. The van der Waals surface area contributed by atoms with Crippen molar-refractivity contribution in [1.82, 2.24) is 31.2 Å². The molecule has 1 aliphatic heterocycles. The average molecular weight is 750 g/mol. The van der Waals surface area contributed by atoms with Crippen LogP contribution in [-0.4, -0.2) is 110 Å². The van der Waals surface area contributed by atoms with Gasteiger partial charge in [0.05, 0.1) is 12.6 Å². The molecule has 0 radical (unpaired) electrons. The Bertz CT molecular complexity index is 1810. The Morgan fingerprint density at radius 1 is 0.833 bits per heavy atom. The number of fused-ring (bicyclic) bond motifs is 1. The first-order valence-corrected chi connectivity index (χ1v) is 18.0. The van der Waals surface area contributed by atoms with Crippen LogP contribution in [0.25, 0.3) is 10.9 Å². The summed E-state index contributed by atoms with van der Waals surface area (Å²) in [7, 11) is 0. The molecule has 3 aromatic rings. The van der Waals surface area contributed by atoms with Crippen molar-refractivity contribution in [2.45, 2.75) is 89.6 Å². The summed E-state index contributed by atoms with van der Waals surface area (Å²) in [6, 6.07) is 6.42. The number of phenols is 1. The highest BCUT2D eigenvalue weighted by Crippen LogP contribution is 2.22. The van der Waals surface area contributed by atoms with Crippen molar-refractivity contribution in [1.29, 1.82) is 0 Å². The second kappa shape index (κ2) is 18.5. The number of nitrogens with two attached hydrogens (primary N) is 1. The standard InChI is InChI=1S/C38H51N7O9/c1-20(2)31(36(51)41-28(38(53)54)16-22-11-13-24(47)14-12-22)43-34(49)29(19-46)42-35(50)30-10-7-15-45(30)37(52)32(21(3)4)44-33(48)26(39)17-23-18-40-27-9-6-5-8-25(23)27/h5-6,8-9,11-14,18,20-21,26,28-32,40,46-47H,7,10,15-17,19,39H2,1-4H3,(H,41,51)(H,42,50)(H,43,49)(H,44,48)(H,53,54)/t26-,28-,29-,30-,31-,32-/m0/s1. The first kappa shape index (κ1) is 41.3. The first-order valence-electron chi connectivity index (χ1n) is 18.0. The van der Waals surface area contributed by atoms with Crippen molar-refractivity contribution in [3.05, 3.63) is 65.9 Å². The summed E-state index contributed by atoms with van der Waals surface area (Å²) in [5.74, 6) is -5.59. The summed E-state index contributed by atoms with van der Waals surface area (Å²) in [4.78, 5) is 83.7. The molecule has 2 heterocycles. The van der Waals surface area contributed by atoms with E-state index in [1.807, 2.05) is 24.3 Å². The second-order valence-electron chi connectivity index (χ2n) is 14.3. The summed E-state index contributed by atoms with van der Waals surface area (Å²) in [5, 5.41) is 40.5. The minimum Gasteiger partial charge on any atom is -0.508 e. The minimum absolute atomic E-state index is 0.00245. The maximum atomic E-state index is 13.9. The molecule has 292 valence electrons. The Morgan fingerprint density at radius 2 is 1.48 bits per heavy atom. The molecule has 1 fully saturated rings. The molecular weight excluding hydrogens is 698 g/mol. The van der Waals surface area contributed by atoms with Crippen LogP contribution < -0.4 is 27.0 Å². The molecule has 16 heteroatoms. The van der Waals surface area contributed by atoms with Crippen molar-refractivity contribution < 1.29 is 44.1 Å². The van der Waals surface area contributed by atoms with Crippen LogP contribution in [0.15, 0.2) is 54.7 Å².